The quantitative estimate of drug-likeness (QED) is 0.337. The maximum atomic E-state index is 11.1. The van der Waals surface area contributed by atoms with Gasteiger partial charge in [-0.25, -0.2) is 0 Å². The predicted octanol–water partition coefficient (Wildman–Crippen LogP) is 0.172. The monoisotopic (exact) mass is 186 g/mol. The Morgan fingerprint density at radius 1 is 1.54 bits per heavy atom. The molecule has 4 heteroatoms. The van der Waals surface area contributed by atoms with Crippen LogP contribution in [0.3, 0.4) is 0 Å². The zero-order valence-corrected chi connectivity index (χ0v) is 7.87. The van der Waals surface area contributed by atoms with E-state index >= 15 is 0 Å². The van der Waals surface area contributed by atoms with Gasteiger partial charge in [0, 0.05) is 0 Å². The number of nitrogens with two attached hydrogens (primary N) is 2. The van der Waals surface area contributed by atoms with Crippen LogP contribution >= 0.6 is 0 Å². The van der Waals surface area contributed by atoms with Crippen molar-refractivity contribution in [3.05, 3.63) is 12.7 Å². The summed E-state index contributed by atoms with van der Waals surface area (Å²) in [5, 5.41) is 0. The molecule has 1 unspecified atom stereocenters. The second kappa shape index (κ2) is 7.76. The van der Waals surface area contributed by atoms with Crippen molar-refractivity contribution in [1.29, 1.82) is 0 Å². The van der Waals surface area contributed by atoms with E-state index in [1.807, 2.05) is 0 Å². The van der Waals surface area contributed by atoms with Gasteiger partial charge >= 0.3 is 5.97 Å². The number of hydrogen-bond acceptors (Lipinski definition) is 4. The highest BCUT2D eigenvalue weighted by atomic mass is 16.5. The molecule has 1 atom stereocenters. The second-order valence-corrected chi connectivity index (χ2v) is 2.81. The van der Waals surface area contributed by atoms with Gasteiger partial charge in [0.05, 0.1) is 0 Å². The first kappa shape index (κ1) is 12.1. The van der Waals surface area contributed by atoms with E-state index < -0.39 is 6.04 Å². The summed E-state index contributed by atoms with van der Waals surface area (Å²) < 4.78 is 4.77. The number of hydrogen-bond donors (Lipinski definition) is 2. The van der Waals surface area contributed by atoms with Crippen LogP contribution in [0, 0.1) is 0 Å². The second-order valence-electron chi connectivity index (χ2n) is 2.81. The SMILES string of the molecule is C=CCOC(=O)C(N)CCCCN. The van der Waals surface area contributed by atoms with Crippen LogP contribution in [0.25, 0.3) is 0 Å². The summed E-state index contributed by atoms with van der Waals surface area (Å²) in [6.45, 7) is 4.29. The van der Waals surface area contributed by atoms with Crippen molar-refractivity contribution in [2.24, 2.45) is 11.5 Å². The van der Waals surface area contributed by atoms with Crippen molar-refractivity contribution < 1.29 is 9.53 Å². The first-order valence-electron chi connectivity index (χ1n) is 4.45. The van der Waals surface area contributed by atoms with Gasteiger partial charge in [-0.05, 0) is 19.4 Å². The molecule has 0 saturated carbocycles. The minimum absolute atomic E-state index is 0.226. The van der Waals surface area contributed by atoms with Crippen molar-refractivity contribution in [2.75, 3.05) is 13.2 Å². The molecule has 0 saturated heterocycles. The van der Waals surface area contributed by atoms with Crippen LogP contribution in [0.2, 0.25) is 0 Å². The number of ether oxygens (including phenoxy) is 1. The fraction of sp³-hybridized carbons (Fsp3) is 0.667. The Morgan fingerprint density at radius 2 is 2.23 bits per heavy atom. The summed E-state index contributed by atoms with van der Waals surface area (Å²) in [4.78, 5) is 11.1. The van der Waals surface area contributed by atoms with Gasteiger partial charge in [-0.1, -0.05) is 19.1 Å². The van der Waals surface area contributed by atoms with E-state index in [0.717, 1.165) is 12.8 Å². The van der Waals surface area contributed by atoms with E-state index in [1.165, 1.54) is 6.08 Å². The van der Waals surface area contributed by atoms with E-state index in [2.05, 4.69) is 6.58 Å². The summed E-state index contributed by atoms with van der Waals surface area (Å²) >= 11 is 0. The van der Waals surface area contributed by atoms with Gasteiger partial charge in [0.2, 0.25) is 0 Å². The molecule has 0 heterocycles. The molecule has 0 aromatic heterocycles. The molecule has 0 aliphatic rings. The zero-order chi connectivity index (χ0) is 10.1. The molecule has 0 aliphatic carbocycles. The number of esters is 1. The highest BCUT2D eigenvalue weighted by Crippen LogP contribution is 1.99. The summed E-state index contributed by atoms with van der Waals surface area (Å²) in [5.74, 6) is -0.364. The van der Waals surface area contributed by atoms with Gasteiger partial charge in [0.1, 0.15) is 12.6 Å². The summed E-state index contributed by atoms with van der Waals surface area (Å²) in [5.41, 5.74) is 10.8. The largest absolute Gasteiger partial charge is 0.460 e. The first-order chi connectivity index (χ1) is 6.22. The molecule has 0 radical (unpaired) electrons. The maximum Gasteiger partial charge on any atom is 0.323 e. The van der Waals surface area contributed by atoms with Gasteiger partial charge in [-0.2, -0.15) is 0 Å². The lowest BCUT2D eigenvalue weighted by molar-refractivity contribution is -0.144. The molecule has 0 bridgehead atoms. The van der Waals surface area contributed by atoms with Gasteiger partial charge in [0.15, 0.2) is 0 Å². The van der Waals surface area contributed by atoms with Gasteiger partial charge in [0.25, 0.3) is 0 Å². The van der Waals surface area contributed by atoms with E-state index in [9.17, 15) is 4.79 Å². The lowest BCUT2D eigenvalue weighted by atomic mass is 10.1. The third-order valence-corrected chi connectivity index (χ3v) is 1.62. The molecule has 0 fully saturated rings. The molecule has 4 nitrogen and oxygen atoms in total. The van der Waals surface area contributed by atoms with Crippen molar-refractivity contribution in [1.82, 2.24) is 0 Å². The Hall–Kier alpha value is -0.870. The average molecular weight is 186 g/mol. The molecular weight excluding hydrogens is 168 g/mol. The van der Waals surface area contributed by atoms with E-state index in [1.54, 1.807) is 0 Å². The van der Waals surface area contributed by atoms with Crippen molar-refractivity contribution in [3.63, 3.8) is 0 Å². The summed E-state index contributed by atoms with van der Waals surface area (Å²) in [7, 11) is 0. The number of carbonyl (C=O) groups excluding carboxylic acids is 1. The lowest BCUT2D eigenvalue weighted by Crippen LogP contribution is -2.32. The molecule has 0 spiro atoms. The Balaban J connectivity index is 3.50. The molecule has 0 rings (SSSR count). The van der Waals surface area contributed by atoms with Gasteiger partial charge < -0.3 is 16.2 Å². The van der Waals surface area contributed by atoms with Crippen LogP contribution in [-0.4, -0.2) is 25.2 Å². The van der Waals surface area contributed by atoms with Crippen LogP contribution in [0.15, 0.2) is 12.7 Å². The fourth-order valence-corrected chi connectivity index (χ4v) is 0.875. The molecule has 13 heavy (non-hydrogen) atoms. The minimum atomic E-state index is -0.522. The van der Waals surface area contributed by atoms with Crippen LogP contribution in [0.4, 0.5) is 0 Å². The average Bonchev–Trinajstić information content (AvgIpc) is 2.14. The van der Waals surface area contributed by atoms with E-state index in [0.29, 0.717) is 13.0 Å². The molecule has 76 valence electrons. The molecule has 0 amide bonds. The standard InChI is InChI=1S/C9H18N2O2/c1-2-7-13-9(12)8(11)5-3-4-6-10/h2,8H,1,3-7,10-11H2. The van der Waals surface area contributed by atoms with Crippen molar-refractivity contribution in [2.45, 2.75) is 25.3 Å². The van der Waals surface area contributed by atoms with E-state index in [4.69, 9.17) is 16.2 Å². The molecular formula is C9H18N2O2. The third kappa shape index (κ3) is 6.31. The Kier molecular flexibility index (Phi) is 7.24. The smallest absolute Gasteiger partial charge is 0.323 e. The topological polar surface area (TPSA) is 78.3 Å². The predicted molar refractivity (Wildman–Crippen MR) is 52.0 cm³/mol. The maximum absolute atomic E-state index is 11.1. The van der Waals surface area contributed by atoms with Crippen LogP contribution < -0.4 is 11.5 Å². The molecule has 4 N–H and O–H groups in total. The summed E-state index contributed by atoms with van der Waals surface area (Å²) in [6, 6.07) is -0.522. The third-order valence-electron chi connectivity index (χ3n) is 1.62. The number of unbranched alkanes of at least 4 members (excludes halogenated alkanes) is 1. The summed E-state index contributed by atoms with van der Waals surface area (Å²) in [6.07, 6.45) is 3.90. The number of rotatable bonds is 7. The zero-order valence-electron chi connectivity index (χ0n) is 7.87. The van der Waals surface area contributed by atoms with Crippen LogP contribution in [-0.2, 0) is 9.53 Å². The van der Waals surface area contributed by atoms with Gasteiger partial charge in [-0.3, -0.25) is 4.79 Å². The highest BCUT2D eigenvalue weighted by Gasteiger charge is 2.13. The van der Waals surface area contributed by atoms with Crippen LogP contribution in [0.5, 0.6) is 0 Å². The highest BCUT2D eigenvalue weighted by molar-refractivity contribution is 5.75. The lowest BCUT2D eigenvalue weighted by Gasteiger charge is -2.09. The van der Waals surface area contributed by atoms with Crippen LogP contribution in [0.1, 0.15) is 19.3 Å². The van der Waals surface area contributed by atoms with Gasteiger partial charge in [-0.15, -0.1) is 0 Å². The Labute approximate surface area is 78.9 Å². The minimum Gasteiger partial charge on any atom is -0.460 e. The molecule has 0 aliphatic heterocycles. The molecule has 0 aromatic carbocycles. The Bertz CT molecular complexity index is 160. The van der Waals surface area contributed by atoms with E-state index in [-0.39, 0.29) is 12.6 Å². The number of carbonyl (C=O) groups is 1. The normalized spacial score (nSPS) is 12.2. The Morgan fingerprint density at radius 3 is 2.77 bits per heavy atom. The van der Waals surface area contributed by atoms with Crippen molar-refractivity contribution >= 4 is 5.97 Å². The first-order valence-corrected chi connectivity index (χ1v) is 4.45. The fourth-order valence-electron chi connectivity index (χ4n) is 0.875. The van der Waals surface area contributed by atoms with Crippen molar-refractivity contribution in [3.8, 4) is 0 Å². The molecule has 0 aromatic rings.